The number of ether oxygens (including phenoxy) is 1. The Balaban J connectivity index is 2.06. The number of esters is 1. The third-order valence-electron chi connectivity index (χ3n) is 2.02. The molecule has 0 atom stereocenters. The van der Waals surface area contributed by atoms with E-state index in [1.165, 1.54) is 18.7 Å². The van der Waals surface area contributed by atoms with Gasteiger partial charge in [0.05, 0.1) is 4.91 Å². The molecule has 0 saturated carbocycles. The summed E-state index contributed by atoms with van der Waals surface area (Å²) in [5.41, 5.74) is 0. The van der Waals surface area contributed by atoms with E-state index in [9.17, 15) is 9.59 Å². The van der Waals surface area contributed by atoms with Crippen LogP contribution < -0.4 is 5.32 Å². The summed E-state index contributed by atoms with van der Waals surface area (Å²) < 4.78 is 10.6. The second-order valence-electron chi connectivity index (χ2n) is 3.44. The molecule has 1 aliphatic heterocycles. The smallest absolute Gasteiger partial charge is 0.303 e. The highest BCUT2D eigenvalue weighted by Gasteiger charge is 2.22. The topological polar surface area (TPSA) is 68.5 Å². The first-order valence-corrected chi connectivity index (χ1v) is 6.24. The monoisotopic (exact) mass is 283 g/mol. The fraction of sp³-hybridized carbons (Fsp3) is 0.182. The normalized spacial score (nSPS) is 17.1. The highest BCUT2D eigenvalue weighted by Crippen LogP contribution is 2.26. The van der Waals surface area contributed by atoms with Crippen molar-refractivity contribution in [2.75, 3.05) is 0 Å². The lowest BCUT2D eigenvalue weighted by Crippen LogP contribution is -2.17. The van der Waals surface area contributed by atoms with Gasteiger partial charge in [0.25, 0.3) is 5.91 Å². The van der Waals surface area contributed by atoms with Crippen molar-refractivity contribution in [3.05, 3.63) is 28.6 Å². The van der Waals surface area contributed by atoms with E-state index in [4.69, 9.17) is 21.4 Å². The molecule has 0 bridgehead atoms. The van der Waals surface area contributed by atoms with Gasteiger partial charge in [-0.1, -0.05) is 24.0 Å². The summed E-state index contributed by atoms with van der Waals surface area (Å²) in [6, 6.07) is 3.38. The largest absolute Gasteiger partial charge is 0.458 e. The minimum atomic E-state index is -0.373. The molecule has 18 heavy (non-hydrogen) atoms. The SMILES string of the molecule is CC(=O)OCc1ccc(/C=C2/SC(=S)NC2=O)o1. The lowest BCUT2D eigenvalue weighted by Gasteiger charge is -1.96. The van der Waals surface area contributed by atoms with Crippen LogP contribution >= 0.6 is 24.0 Å². The summed E-state index contributed by atoms with van der Waals surface area (Å²) in [7, 11) is 0. The Morgan fingerprint density at radius 3 is 3.00 bits per heavy atom. The number of thiocarbonyl (C=S) groups is 1. The van der Waals surface area contributed by atoms with E-state index in [0.717, 1.165) is 0 Å². The number of rotatable bonds is 3. The van der Waals surface area contributed by atoms with Crippen molar-refractivity contribution >= 4 is 46.3 Å². The standard InChI is InChI=1S/C11H9NO4S2/c1-6(13)15-5-8-3-2-7(16-8)4-9-10(14)12-11(17)18-9/h2-4H,5H2,1H3,(H,12,14,17)/b9-4+. The molecule has 0 aromatic carbocycles. The van der Waals surface area contributed by atoms with Crippen molar-refractivity contribution in [3.63, 3.8) is 0 Å². The van der Waals surface area contributed by atoms with Gasteiger partial charge in [-0.2, -0.15) is 0 Å². The van der Waals surface area contributed by atoms with Crippen LogP contribution in [0.1, 0.15) is 18.4 Å². The maximum absolute atomic E-state index is 11.4. The number of carbonyl (C=O) groups excluding carboxylic acids is 2. The molecule has 7 heteroatoms. The average Bonchev–Trinajstić information content (AvgIpc) is 2.84. The second kappa shape index (κ2) is 5.36. The molecule has 1 saturated heterocycles. The van der Waals surface area contributed by atoms with Crippen LogP contribution in [0.2, 0.25) is 0 Å². The molecule has 1 aromatic rings. The molecule has 2 rings (SSSR count). The van der Waals surface area contributed by atoms with E-state index >= 15 is 0 Å². The minimum absolute atomic E-state index is 0.0796. The van der Waals surface area contributed by atoms with Crippen LogP contribution in [0.15, 0.2) is 21.5 Å². The molecule has 2 heterocycles. The number of hydrogen-bond donors (Lipinski definition) is 1. The summed E-state index contributed by atoms with van der Waals surface area (Å²) in [5, 5.41) is 2.51. The van der Waals surface area contributed by atoms with E-state index in [1.54, 1.807) is 18.2 Å². The van der Waals surface area contributed by atoms with Gasteiger partial charge in [-0.05, 0) is 12.1 Å². The van der Waals surface area contributed by atoms with E-state index in [-0.39, 0.29) is 18.5 Å². The molecule has 1 N–H and O–H groups in total. The Bertz CT molecular complexity index is 547. The van der Waals surface area contributed by atoms with Gasteiger partial charge in [-0.3, -0.25) is 9.59 Å². The van der Waals surface area contributed by atoms with Crippen LogP contribution in [0.25, 0.3) is 6.08 Å². The van der Waals surface area contributed by atoms with Gasteiger partial charge in [0.2, 0.25) is 0 Å². The first-order chi connectivity index (χ1) is 8.54. The van der Waals surface area contributed by atoms with Gasteiger partial charge >= 0.3 is 5.97 Å². The molecule has 0 unspecified atom stereocenters. The minimum Gasteiger partial charge on any atom is -0.458 e. The molecular weight excluding hydrogens is 274 g/mol. The summed E-state index contributed by atoms with van der Waals surface area (Å²) in [6.45, 7) is 1.41. The molecule has 5 nitrogen and oxygen atoms in total. The zero-order chi connectivity index (χ0) is 13.1. The molecule has 0 spiro atoms. The van der Waals surface area contributed by atoms with Gasteiger partial charge in [-0.25, -0.2) is 0 Å². The van der Waals surface area contributed by atoms with Crippen molar-refractivity contribution in [2.45, 2.75) is 13.5 Å². The Morgan fingerprint density at radius 2 is 2.39 bits per heavy atom. The number of thioether (sulfide) groups is 1. The number of amides is 1. The summed E-state index contributed by atoms with van der Waals surface area (Å²) >= 11 is 6.05. The molecular formula is C11H9NO4S2. The van der Waals surface area contributed by atoms with Crippen molar-refractivity contribution in [1.82, 2.24) is 5.32 Å². The zero-order valence-electron chi connectivity index (χ0n) is 9.39. The Labute approximate surface area is 113 Å². The van der Waals surface area contributed by atoms with Crippen LogP contribution in [0.3, 0.4) is 0 Å². The molecule has 0 aliphatic carbocycles. The highest BCUT2D eigenvalue weighted by molar-refractivity contribution is 8.26. The first-order valence-electron chi connectivity index (χ1n) is 5.01. The van der Waals surface area contributed by atoms with Crippen LogP contribution in [-0.2, 0) is 20.9 Å². The molecule has 1 amide bonds. The lowest BCUT2D eigenvalue weighted by atomic mass is 10.4. The first kappa shape index (κ1) is 12.8. The van der Waals surface area contributed by atoms with E-state index in [2.05, 4.69) is 5.32 Å². The van der Waals surface area contributed by atoms with Crippen molar-refractivity contribution < 1.29 is 18.7 Å². The Morgan fingerprint density at radius 1 is 1.61 bits per heavy atom. The number of furan rings is 1. The van der Waals surface area contributed by atoms with Crippen LogP contribution in [-0.4, -0.2) is 16.2 Å². The fourth-order valence-corrected chi connectivity index (χ4v) is 2.30. The Hall–Kier alpha value is -1.60. The zero-order valence-corrected chi connectivity index (χ0v) is 11.0. The van der Waals surface area contributed by atoms with E-state index < -0.39 is 0 Å². The highest BCUT2D eigenvalue weighted by atomic mass is 32.2. The van der Waals surface area contributed by atoms with Gasteiger partial charge < -0.3 is 14.5 Å². The molecule has 0 radical (unpaired) electrons. The maximum Gasteiger partial charge on any atom is 0.303 e. The van der Waals surface area contributed by atoms with Crippen molar-refractivity contribution in [2.24, 2.45) is 0 Å². The summed E-state index contributed by atoms with van der Waals surface area (Å²) in [4.78, 5) is 22.5. The van der Waals surface area contributed by atoms with Crippen molar-refractivity contribution in [1.29, 1.82) is 0 Å². The van der Waals surface area contributed by atoms with Crippen LogP contribution in [0, 0.1) is 0 Å². The summed E-state index contributed by atoms with van der Waals surface area (Å²) in [5.74, 6) is 0.424. The van der Waals surface area contributed by atoms with Crippen LogP contribution in [0.4, 0.5) is 0 Å². The quantitative estimate of drug-likeness (QED) is 0.518. The fourth-order valence-electron chi connectivity index (χ4n) is 1.27. The molecule has 1 aliphatic rings. The number of carbonyl (C=O) groups is 2. The molecule has 1 fully saturated rings. The Kier molecular flexibility index (Phi) is 3.83. The third-order valence-corrected chi connectivity index (χ3v) is 3.18. The number of hydrogen-bond acceptors (Lipinski definition) is 6. The third kappa shape index (κ3) is 3.21. The average molecular weight is 283 g/mol. The number of nitrogens with one attached hydrogen (secondary N) is 1. The predicted octanol–water partition coefficient (Wildman–Crippen LogP) is 1.83. The van der Waals surface area contributed by atoms with E-state index in [1.807, 2.05) is 0 Å². The second-order valence-corrected chi connectivity index (χ2v) is 5.16. The van der Waals surface area contributed by atoms with Gasteiger partial charge in [-0.15, -0.1) is 0 Å². The van der Waals surface area contributed by atoms with E-state index in [0.29, 0.717) is 20.7 Å². The predicted molar refractivity (Wildman–Crippen MR) is 70.5 cm³/mol. The van der Waals surface area contributed by atoms with Gasteiger partial charge in [0.1, 0.15) is 22.4 Å². The molecule has 94 valence electrons. The maximum atomic E-state index is 11.4. The molecule has 1 aromatic heterocycles. The van der Waals surface area contributed by atoms with Crippen molar-refractivity contribution in [3.8, 4) is 0 Å². The lowest BCUT2D eigenvalue weighted by molar-refractivity contribution is -0.142. The van der Waals surface area contributed by atoms with Gasteiger partial charge in [0.15, 0.2) is 0 Å². The van der Waals surface area contributed by atoms with Gasteiger partial charge in [0, 0.05) is 13.0 Å². The van der Waals surface area contributed by atoms with Crippen LogP contribution in [0.5, 0.6) is 0 Å². The summed E-state index contributed by atoms with van der Waals surface area (Å²) in [6.07, 6.45) is 1.59.